The molecule has 110 valence electrons. The fraction of sp³-hybridized carbons (Fsp3) is 0.500. The van der Waals surface area contributed by atoms with Crippen LogP contribution in [-0.2, 0) is 0 Å². The number of nitro groups is 1. The first-order valence-electron chi connectivity index (χ1n) is 6.64. The van der Waals surface area contributed by atoms with Crippen LogP contribution in [0.1, 0.15) is 31.1 Å². The normalized spacial score (nSPS) is 10.4. The van der Waals surface area contributed by atoms with Crippen molar-refractivity contribution in [3.05, 3.63) is 33.9 Å². The zero-order valence-corrected chi connectivity index (χ0v) is 12.3. The van der Waals surface area contributed by atoms with Crippen molar-refractivity contribution in [3.63, 3.8) is 0 Å². The van der Waals surface area contributed by atoms with Gasteiger partial charge >= 0.3 is 0 Å². The Hall–Kier alpha value is -2.11. The maximum absolute atomic E-state index is 12.4. The predicted octanol–water partition coefficient (Wildman–Crippen LogP) is 2.75. The smallest absolute Gasteiger partial charge is 0.282 e. The van der Waals surface area contributed by atoms with Crippen LogP contribution in [0.4, 0.5) is 11.4 Å². The number of nitro benzene ring substituents is 1. The quantitative estimate of drug-likeness (QED) is 0.641. The number of amides is 1. The molecule has 0 radical (unpaired) electrons. The summed E-state index contributed by atoms with van der Waals surface area (Å²) < 4.78 is 0. The van der Waals surface area contributed by atoms with E-state index in [1.54, 1.807) is 19.2 Å². The molecular weight excluding hydrogens is 258 g/mol. The summed E-state index contributed by atoms with van der Waals surface area (Å²) in [4.78, 5) is 24.4. The lowest BCUT2D eigenvalue weighted by molar-refractivity contribution is -0.385. The summed E-state index contributed by atoms with van der Waals surface area (Å²) in [6.07, 6.45) is 0. The van der Waals surface area contributed by atoms with Gasteiger partial charge in [-0.25, -0.2) is 0 Å². The number of benzene rings is 1. The number of anilines is 1. The third-order valence-corrected chi connectivity index (χ3v) is 2.79. The maximum Gasteiger partial charge on any atom is 0.282 e. The standard InChI is InChI=1S/C14H21N3O3/c1-5-15-11-6-7-13(17(19)20)12(8-11)14(18)16(4)9-10(2)3/h6-8,10,15H,5,9H2,1-4H3. The van der Waals surface area contributed by atoms with Gasteiger partial charge in [0.2, 0.25) is 0 Å². The first-order chi connectivity index (χ1) is 9.36. The minimum atomic E-state index is -0.522. The third kappa shape index (κ3) is 3.94. The molecule has 0 spiro atoms. The second-order valence-electron chi connectivity index (χ2n) is 5.10. The van der Waals surface area contributed by atoms with E-state index in [1.807, 2.05) is 20.8 Å². The minimum Gasteiger partial charge on any atom is -0.385 e. The number of nitrogens with one attached hydrogen (secondary N) is 1. The van der Waals surface area contributed by atoms with Crippen molar-refractivity contribution in [1.29, 1.82) is 0 Å². The predicted molar refractivity (Wildman–Crippen MR) is 79.1 cm³/mol. The van der Waals surface area contributed by atoms with Crippen LogP contribution in [-0.4, -0.2) is 35.9 Å². The van der Waals surface area contributed by atoms with Gasteiger partial charge in [-0.05, 0) is 25.0 Å². The summed E-state index contributed by atoms with van der Waals surface area (Å²) in [6.45, 7) is 7.16. The molecule has 1 aromatic rings. The largest absolute Gasteiger partial charge is 0.385 e. The van der Waals surface area contributed by atoms with Gasteiger partial charge in [-0.1, -0.05) is 13.8 Å². The summed E-state index contributed by atoms with van der Waals surface area (Å²) >= 11 is 0. The van der Waals surface area contributed by atoms with Gasteiger partial charge in [0, 0.05) is 31.9 Å². The Kier molecular flexibility index (Phi) is 5.49. The van der Waals surface area contributed by atoms with E-state index < -0.39 is 4.92 Å². The van der Waals surface area contributed by atoms with Crippen LogP contribution < -0.4 is 5.32 Å². The maximum atomic E-state index is 12.4. The van der Waals surface area contributed by atoms with E-state index in [0.29, 0.717) is 24.7 Å². The number of rotatable bonds is 6. The van der Waals surface area contributed by atoms with Crippen molar-refractivity contribution in [2.75, 3.05) is 25.5 Å². The molecule has 0 saturated heterocycles. The van der Waals surface area contributed by atoms with Crippen LogP contribution in [0.2, 0.25) is 0 Å². The Balaban J connectivity index is 3.14. The van der Waals surface area contributed by atoms with Crippen LogP contribution in [0, 0.1) is 16.0 Å². The first-order valence-corrected chi connectivity index (χ1v) is 6.64. The lowest BCUT2D eigenvalue weighted by Gasteiger charge is -2.19. The molecule has 1 aromatic carbocycles. The highest BCUT2D eigenvalue weighted by molar-refractivity contribution is 5.99. The van der Waals surface area contributed by atoms with Crippen molar-refractivity contribution < 1.29 is 9.72 Å². The van der Waals surface area contributed by atoms with Gasteiger partial charge in [0.15, 0.2) is 0 Å². The average Bonchev–Trinajstić information content (AvgIpc) is 2.37. The molecule has 0 heterocycles. The molecule has 0 unspecified atom stereocenters. The van der Waals surface area contributed by atoms with Gasteiger partial charge < -0.3 is 10.2 Å². The van der Waals surface area contributed by atoms with Crippen molar-refractivity contribution in [1.82, 2.24) is 4.90 Å². The van der Waals surface area contributed by atoms with Crippen LogP contribution in [0.5, 0.6) is 0 Å². The molecular formula is C14H21N3O3. The first kappa shape index (κ1) is 15.9. The van der Waals surface area contributed by atoms with Gasteiger partial charge in [0.1, 0.15) is 5.56 Å². The fourth-order valence-corrected chi connectivity index (χ4v) is 2.02. The molecule has 6 nitrogen and oxygen atoms in total. The van der Waals surface area contributed by atoms with E-state index in [1.165, 1.54) is 11.0 Å². The van der Waals surface area contributed by atoms with Crippen LogP contribution in [0.15, 0.2) is 18.2 Å². The van der Waals surface area contributed by atoms with E-state index >= 15 is 0 Å². The van der Waals surface area contributed by atoms with Crippen LogP contribution in [0.3, 0.4) is 0 Å². The Morgan fingerprint density at radius 2 is 2.10 bits per heavy atom. The number of carbonyl (C=O) groups excluding carboxylic acids is 1. The van der Waals surface area contributed by atoms with Crippen molar-refractivity contribution in [3.8, 4) is 0 Å². The van der Waals surface area contributed by atoms with Crippen molar-refractivity contribution in [2.45, 2.75) is 20.8 Å². The third-order valence-electron chi connectivity index (χ3n) is 2.79. The molecule has 0 atom stereocenters. The minimum absolute atomic E-state index is 0.122. The lowest BCUT2D eigenvalue weighted by Crippen LogP contribution is -2.30. The number of hydrogen-bond donors (Lipinski definition) is 1. The fourth-order valence-electron chi connectivity index (χ4n) is 2.02. The van der Waals surface area contributed by atoms with Crippen LogP contribution >= 0.6 is 0 Å². The second kappa shape index (κ2) is 6.88. The topological polar surface area (TPSA) is 75.5 Å². The average molecular weight is 279 g/mol. The Labute approximate surface area is 118 Å². The Bertz CT molecular complexity index is 500. The van der Waals surface area contributed by atoms with Gasteiger partial charge in [-0.2, -0.15) is 0 Å². The molecule has 1 amide bonds. The molecule has 0 aromatic heterocycles. The highest BCUT2D eigenvalue weighted by atomic mass is 16.6. The summed E-state index contributed by atoms with van der Waals surface area (Å²) in [6, 6.07) is 4.52. The second-order valence-corrected chi connectivity index (χ2v) is 5.10. The number of carbonyl (C=O) groups is 1. The highest BCUT2D eigenvalue weighted by Gasteiger charge is 2.23. The van der Waals surface area contributed by atoms with Crippen molar-refractivity contribution >= 4 is 17.3 Å². The number of hydrogen-bond acceptors (Lipinski definition) is 4. The lowest BCUT2D eigenvalue weighted by atomic mass is 10.1. The molecule has 0 aliphatic carbocycles. The molecule has 0 aliphatic rings. The van der Waals surface area contributed by atoms with Gasteiger partial charge in [-0.15, -0.1) is 0 Å². The summed E-state index contributed by atoms with van der Waals surface area (Å²) in [7, 11) is 1.66. The molecule has 1 N–H and O–H groups in total. The molecule has 1 rings (SSSR count). The van der Waals surface area contributed by atoms with E-state index in [-0.39, 0.29) is 17.2 Å². The molecule has 6 heteroatoms. The summed E-state index contributed by atoms with van der Waals surface area (Å²) in [5, 5.41) is 14.1. The highest BCUT2D eigenvalue weighted by Crippen LogP contribution is 2.24. The Morgan fingerprint density at radius 1 is 1.45 bits per heavy atom. The molecule has 0 bridgehead atoms. The van der Waals surface area contributed by atoms with E-state index in [9.17, 15) is 14.9 Å². The van der Waals surface area contributed by atoms with Crippen molar-refractivity contribution in [2.24, 2.45) is 5.92 Å². The molecule has 0 aliphatic heterocycles. The molecule has 0 fully saturated rings. The van der Waals surface area contributed by atoms with E-state index in [4.69, 9.17) is 0 Å². The Morgan fingerprint density at radius 3 is 2.60 bits per heavy atom. The molecule has 0 saturated carbocycles. The van der Waals surface area contributed by atoms with E-state index in [2.05, 4.69) is 5.32 Å². The number of nitrogens with zero attached hydrogens (tertiary/aromatic N) is 2. The molecule has 20 heavy (non-hydrogen) atoms. The van der Waals surface area contributed by atoms with Gasteiger partial charge in [0.25, 0.3) is 11.6 Å². The SMILES string of the molecule is CCNc1ccc([N+](=O)[O-])c(C(=O)N(C)CC(C)C)c1. The zero-order valence-electron chi connectivity index (χ0n) is 12.3. The summed E-state index contributed by atoms with van der Waals surface area (Å²) in [5.74, 6) is -0.0230. The van der Waals surface area contributed by atoms with Gasteiger partial charge in [-0.3, -0.25) is 14.9 Å². The monoisotopic (exact) mass is 279 g/mol. The van der Waals surface area contributed by atoms with Crippen LogP contribution in [0.25, 0.3) is 0 Å². The zero-order chi connectivity index (χ0) is 15.3. The van der Waals surface area contributed by atoms with E-state index in [0.717, 1.165) is 0 Å². The van der Waals surface area contributed by atoms with Gasteiger partial charge in [0.05, 0.1) is 4.92 Å². The summed E-state index contributed by atoms with van der Waals surface area (Å²) in [5.41, 5.74) is 0.670.